The van der Waals surface area contributed by atoms with Gasteiger partial charge in [-0.05, 0) is 29.0 Å². The molecule has 0 aliphatic carbocycles. The lowest BCUT2D eigenvalue weighted by molar-refractivity contribution is 0.00200. The Bertz CT molecular complexity index is 1300. The summed E-state index contributed by atoms with van der Waals surface area (Å²) in [5.74, 6) is 1.20. The van der Waals surface area contributed by atoms with Crippen molar-refractivity contribution in [1.82, 2.24) is 9.55 Å². The number of thiophene rings is 1. The van der Waals surface area contributed by atoms with Crippen LogP contribution >= 0.6 is 23.1 Å². The Morgan fingerprint density at radius 3 is 2.48 bits per heavy atom. The molecule has 1 aliphatic heterocycles. The molecule has 0 unspecified atom stereocenters. The average molecular weight is 477 g/mol. The standard InChI is InChI=1S/C27H28N2O2S2/c1-18(2)22-15-21-23(16-31-22)33-25-24(21)26(30)29(14-13-19-9-5-3-6-10-19)27(28-25)32-17-20-11-7-4-8-12-20/h3-12,18,22H,13-17H2,1-2H3/t22-/m1/s1. The van der Waals surface area contributed by atoms with Crippen LogP contribution in [0.3, 0.4) is 0 Å². The fourth-order valence-electron chi connectivity index (χ4n) is 4.28. The molecular formula is C27H28N2O2S2. The largest absolute Gasteiger partial charge is 0.372 e. The van der Waals surface area contributed by atoms with Crippen LogP contribution in [0.2, 0.25) is 0 Å². The Labute approximate surface area is 202 Å². The van der Waals surface area contributed by atoms with Crippen molar-refractivity contribution in [2.75, 3.05) is 0 Å². The highest BCUT2D eigenvalue weighted by atomic mass is 32.2. The monoisotopic (exact) mass is 476 g/mol. The average Bonchev–Trinajstić information content (AvgIpc) is 3.21. The summed E-state index contributed by atoms with van der Waals surface area (Å²) >= 11 is 3.27. The van der Waals surface area contributed by atoms with Crippen molar-refractivity contribution >= 4 is 33.3 Å². The van der Waals surface area contributed by atoms with Gasteiger partial charge in [-0.1, -0.05) is 86.3 Å². The van der Waals surface area contributed by atoms with Crippen molar-refractivity contribution in [3.63, 3.8) is 0 Å². The molecule has 2 aromatic heterocycles. The molecule has 2 aromatic carbocycles. The topological polar surface area (TPSA) is 44.1 Å². The van der Waals surface area contributed by atoms with Crippen molar-refractivity contribution < 1.29 is 4.74 Å². The van der Waals surface area contributed by atoms with Gasteiger partial charge in [0.15, 0.2) is 5.16 Å². The lowest BCUT2D eigenvalue weighted by Gasteiger charge is -2.26. The summed E-state index contributed by atoms with van der Waals surface area (Å²) in [5.41, 5.74) is 3.70. The van der Waals surface area contributed by atoms with Gasteiger partial charge in [-0.3, -0.25) is 9.36 Å². The van der Waals surface area contributed by atoms with E-state index in [0.29, 0.717) is 19.1 Å². The Balaban J connectivity index is 1.54. The smallest absolute Gasteiger partial charge is 0.263 e. The summed E-state index contributed by atoms with van der Waals surface area (Å²) in [5, 5.41) is 1.60. The number of thioether (sulfide) groups is 1. The molecule has 0 saturated heterocycles. The van der Waals surface area contributed by atoms with Gasteiger partial charge in [-0.15, -0.1) is 11.3 Å². The van der Waals surface area contributed by atoms with E-state index in [4.69, 9.17) is 9.72 Å². The molecule has 0 saturated carbocycles. The van der Waals surface area contributed by atoms with Gasteiger partial charge < -0.3 is 4.74 Å². The van der Waals surface area contributed by atoms with E-state index < -0.39 is 0 Å². The maximum atomic E-state index is 13.9. The van der Waals surface area contributed by atoms with Crippen LogP contribution in [0.5, 0.6) is 0 Å². The molecule has 33 heavy (non-hydrogen) atoms. The Morgan fingerprint density at radius 1 is 1.09 bits per heavy atom. The highest BCUT2D eigenvalue weighted by Gasteiger charge is 2.28. The molecule has 4 nitrogen and oxygen atoms in total. The van der Waals surface area contributed by atoms with Crippen LogP contribution in [-0.2, 0) is 36.5 Å². The van der Waals surface area contributed by atoms with E-state index in [1.807, 2.05) is 41.0 Å². The third kappa shape index (κ3) is 4.79. The zero-order chi connectivity index (χ0) is 22.8. The molecule has 1 aliphatic rings. The van der Waals surface area contributed by atoms with Crippen molar-refractivity contribution in [2.45, 2.75) is 56.9 Å². The molecular weight excluding hydrogens is 448 g/mol. The van der Waals surface area contributed by atoms with Gasteiger partial charge in [0, 0.05) is 23.6 Å². The number of hydrogen-bond acceptors (Lipinski definition) is 5. The first-order chi connectivity index (χ1) is 16.1. The molecule has 0 amide bonds. The van der Waals surface area contributed by atoms with Crippen LogP contribution in [-0.4, -0.2) is 15.7 Å². The molecule has 0 spiro atoms. The van der Waals surface area contributed by atoms with E-state index in [-0.39, 0.29) is 11.7 Å². The maximum absolute atomic E-state index is 13.9. The molecule has 5 rings (SSSR count). The predicted octanol–water partition coefficient (Wildman–Crippen LogP) is 6.09. The number of fused-ring (bicyclic) bond motifs is 3. The van der Waals surface area contributed by atoms with Crippen LogP contribution in [0.15, 0.2) is 70.6 Å². The first-order valence-electron chi connectivity index (χ1n) is 11.5. The van der Waals surface area contributed by atoms with Gasteiger partial charge >= 0.3 is 0 Å². The minimum atomic E-state index is 0.0911. The highest BCUT2D eigenvalue weighted by molar-refractivity contribution is 7.98. The Hall–Kier alpha value is -2.41. The summed E-state index contributed by atoms with van der Waals surface area (Å²) in [6.45, 7) is 5.56. The summed E-state index contributed by atoms with van der Waals surface area (Å²) < 4.78 is 7.97. The van der Waals surface area contributed by atoms with Gasteiger partial charge in [0.1, 0.15) is 4.83 Å². The van der Waals surface area contributed by atoms with Gasteiger partial charge in [-0.2, -0.15) is 0 Å². The summed E-state index contributed by atoms with van der Waals surface area (Å²) in [6.07, 6.45) is 1.75. The number of rotatable bonds is 7. The van der Waals surface area contributed by atoms with Crippen molar-refractivity contribution in [2.24, 2.45) is 5.92 Å². The zero-order valence-corrected chi connectivity index (χ0v) is 20.6. The lowest BCUT2D eigenvalue weighted by Crippen LogP contribution is -2.29. The summed E-state index contributed by atoms with van der Waals surface area (Å²) in [7, 11) is 0. The van der Waals surface area contributed by atoms with Gasteiger partial charge in [0.05, 0.1) is 18.1 Å². The third-order valence-corrected chi connectivity index (χ3v) is 8.36. The number of benzene rings is 2. The zero-order valence-electron chi connectivity index (χ0n) is 19.0. The van der Waals surface area contributed by atoms with E-state index in [0.717, 1.165) is 44.4 Å². The molecule has 170 valence electrons. The second-order valence-electron chi connectivity index (χ2n) is 8.84. The minimum absolute atomic E-state index is 0.0911. The fourth-order valence-corrected chi connectivity index (χ4v) is 6.43. The molecule has 4 aromatic rings. The van der Waals surface area contributed by atoms with Crippen LogP contribution < -0.4 is 5.56 Å². The normalized spacial score (nSPS) is 15.8. The number of aromatic nitrogens is 2. The Morgan fingerprint density at radius 2 is 1.79 bits per heavy atom. The first kappa shape index (κ1) is 22.4. The number of hydrogen-bond donors (Lipinski definition) is 0. The third-order valence-electron chi connectivity index (χ3n) is 6.21. The van der Waals surface area contributed by atoms with E-state index in [2.05, 4.69) is 38.1 Å². The van der Waals surface area contributed by atoms with Crippen LogP contribution in [0, 0.1) is 5.92 Å². The molecule has 0 bridgehead atoms. The van der Waals surface area contributed by atoms with E-state index in [1.165, 1.54) is 11.1 Å². The molecule has 0 fully saturated rings. The van der Waals surface area contributed by atoms with E-state index in [9.17, 15) is 4.79 Å². The highest BCUT2D eigenvalue weighted by Crippen LogP contribution is 2.36. The number of ether oxygens (including phenoxy) is 1. The van der Waals surface area contributed by atoms with Crippen molar-refractivity contribution in [1.29, 1.82) is 0 Å². The van der Waals surface area contributed by atoms with Crippen LogP contribution in [0.4, 0.5) is 0 Å². The summed E-state index contributed by atoms with van der Waals surface area (Å²) in [4.78, 5) is 20.9. The van der Waals surface area contributed by atoms with Gasteiger partial charge in [0.25, 0.3) is 5.56 Å². The van der Waals surface area contributed by atoms with E-state index in [1.54, 1.807) is 23.1 Å². The van der Waals surface area contributed by atoms with Gasteiger partial charge in [0.2, 0.25) is 0 Å². The number of aryl methyl sites for hydroxylation is 1. The first-order valence-corrected chi connectivity index (χ1v) is 13.3. The van der Waals surface area contributed by atoms with Crippen molar-refractivity contribution in [3.8, 4) is 0 Å². The lowest BCUT2D eigenvalue weighted by atomic mass is 9.96. The second kappa shape index (κ2) is 9.84. The molecule has 3 heterocycles. The minimum Gasteiger partial charge on any atom is -0.372 e. The Kier molecular flexibility index (Phi) is 6.67. The molecule has 6 heteroatoms. The van der Waals surface area contributed by atoms with E-state index >= 15 is 0 Å². The summed E-state index contributed by atoms with van der Waals surface area (Å²) in [6, 6.07) is 20.7. The maximum Gasteiger partial charge on any atom is 0.263 e. The quantitative estimate of drug-likeness (QED) is 0.239. The molecule has 0 N–H and O–H groups in total. The fraction of sp³-hybridized carbons (Fsp3) is 0.333. The van der Waals surface area contributed by atoms with Crippen molar-refractivity contribution in [3.05, 3.63) is 92.6 Å². The predicted molar refractivity (Wildman–Crippen MR) is 137 cm³/mol. The SMILES string of the molecule is CC(C)[C@H]1Cc2c(sc3nc(SCc4ccccc4)n(CCc4ccccc4)c(=O)c23)CO1. The molecule has 1 atom stereocenters. The number of nitrogens with zero attached hydrogens (tertiary/aromatic N) is 2. The van der Waals surface area contributed by atoms with Crippen LogP contribution in [0.1, 0.15) is 35.4 Å². The van der Waals surface area contributed by atoms with Gasteiger partial charge in [-0.25, -0.2) is 4.98 Å². The van der Waals surface area contributed by atoms with Crippen LogP contribution in [0.25, 0.3) is 10.2 Å². The molecule has 0 radical (unpaired) electrons. The second-order valence-corrected chi connectivity index (χ2v) is 10.9.